The van der Waals surface area contributed by atoms with Gasteiger partial charge in [-0.1, -0.05) is 0 Å². The maximum absolute atomic E-state index is 11.1. The Bertz CT molecular complexity index is 599. The number of aromatic amines is 1. The van der Waals surface area contributed by atoms with Crippen molar-refractivity contribution in [1.29, 1.82) is 0 Å². The molecule has 16 heavy (non-hydrogen) atoms. The summed E-state index contributed by atoms with van der Waals surface area (Å²) in [6.07, 6.45) is 3.15. The number of carboxylic acid groups (broad SMARTS) is 1. The Morgan fingerprint density at radius 2 is 2.31 bits per heavy atom. The highest BCUT2D eigenvalue weighted by Crippen LogP contribution is 2.14. The number of aromatic carboxylic acids is 1. The van der Waals surface area contributed by atoms with Gasteiger partial charge in [-0.3, -0.25) is 9.67 Å². The summed E-state index contributed by atoms with van der Waals surface area (Å²) in [6, 6.07) is 1.29. The van der Waals surface area contributed by atoms with Crippen LogP contribution in [0, 0.1) is 0 Å². The summed E-state index contributed by atoms with van der Waals surface area (Å²) in [5.41, 5.74) is -0.0112. The highest BCUT2D eigenvalue weighted by molar-refractivity contribution is 5.86. The third-order valence-electron chi connectivity index (χ3n) is 1.98. The van der Waals surface area contributed by atoms with Crippen LogP contribution in [0.5, 0.6) is 0 Å². The summed E-state index contributed by atoms with van der Waals surface area (Å²) >= 11 is 0. The first kappa shape index (κ1) is 10.1. The van der Waals surface area contributed by atoms with Crippen LogP contribution in [0.2, 0.25) is 0 Å². The normalized spacial score (nSPS) is 10.3. The van der Waals surface area contributed by atoms with Crippen molar-refractivity contribution in [3.05, 3.63) is 34.6 Å². The molecule has 2 N–H and O–H groups in total. The minimum absolute atomic E-state index is 0.196. The van der Waals surface area contributed by atoms with Crippen molar-refractivity contribution in [2.75, 3.05) is 0 Å². The lowest BCUT2D eigenvalue weighted by atomic mass is 10.2. The number of hydrogen-bond donors (Lipinski definition) is 2. The standard InChI is InChI=1S/C9H8N4O3/c1-13-4-5(3-10-13)6-2-7(8(14)15)12-9(16)11-6/h2-4H,1H3,(H,14,15)(H,11,12,16). The molecular formula is C9H8N4O3. The maximum atomic E-state index is 11.1. The lowest BCUT2D eigenvalue weighted by Gasteiger charge is -1.97. The van der Waals surface area contributed by atoms with E-state index in [1.165, 1.54) is 12.3 Å². The van der Waals surface area contributed by atoms with E-state index in [0.29, 0.717) is 5.56 Å². The van der Waals surface area contributed by atoms with Crippen molar-refractivity contribution in [3.8, 4) is 11.3 Å². The van der Waals surface area contributed by atoms with Crippen molar-refractivity contribution >= 4 is 5.97 Å². The Hall–Kier alpha value is -2.44. The number of nitrogens with zero attached hydrogens (tertiary/aromatic N) is 3. The largest absolute Gasteiger partial charge is 0.477 e. The molecule has 82 valence electrons. The number of rotatable bonds is 2. The van der Waals surface area contributed by atoms with Crippen LogP contribution in [0.4, 0.5) is 0 Å². The molecule has 0 atom stereocenters. The quantitative estimate of drug-likeness (QED) is 0.734. The van der Waals surface area contributed by atoms with E-state index < -0.39 is 11.7 Å². The lowest BCUT2D eigenvalue weighted by molar-refractivity contribution is 0.0690. The number of H-pyrrole nitrogens is 1. The van der Waals surface area contributed by atoms with Crippen LogP contribution in [0.25, 0.3) is 11.3 Å². The van der Waals surface area contributed by atoms with Crippen molar-refractivity contribution in [2.45, 2.75) is 0 Å². The predicted molar refractivity (Wildman–Crippen MR) is 54.0 cm³/mol. The van der Waals surface area contributed by atoms with Crippen molar-refractivity contribution in [3.63, 3.8) is 0 Å². The molecule has 2 aromatic heterocycles. The molecule has 0 saturated carbocycles. The van der Waals surface area contributed by atoms with Gasteiger partial charge in [0.2, 0.25) is 0 Å². The molecule has 2 aromatic rings. The molecular weight excluding hydrogens is 212 g/mol. The van der Waals surface area contributed by atoms with E-state index in [-0.39, 0.29) is 11.4 Å². The first-order valence-corrected chi connectivity index (χ1v) is 4.40. The fraction of sp³-hybridized carbons (Fsp3) is 0.111. The van der Waals surface area contributed by atoms with Crippen molar-refractivity contribution in [2.24, 2.45) is 7.05 Å². The monoisotopic (exact) mass is 220 g/mol. The van der Waals surface area contributed by atoms with Gasteiger partial charge in [-0.2, -0.15) is 10.1 Å². The zero-order chi connectivity index (χ0) is 11.7. The molecule has 0 aliphatic heterocycles. The molecule has 0 radical (unpaired) electrons. The third kappa shape index (κ3) is 1.83. The summed E-state index contributed by atoms with van der Waals surface area (Å²) in [5, 5.41) is 12.7. The van der Waals surface area contributed by atoms with Crippen LogP contribution in [0.15, 0.2) is 23.3 Å². The van der Waals surface area contributed by atoms with Gasteiger partial charge in [-0.05, 0) is 6.07 Å². The van der Waals surface area contributed by atoms with Gasteiger partial charge in [0.15, 0.2) is 0 Å². The van der Waals surface area contributed by atoms with Gasteiger partial charge in [0, 0.05) is 18.8 Å². The fourth-order valence-corrected chi connectivity index (χ4v) is 1.27. The minimum atomic E-state index is -1.20. The summed E-state index contributed by atoms with van der Waals surface area (Å²) in [4.78, 5) is 27.7. The minimum Gasteiger partial charge on any atom is -0.477 e. The van der Waals surface area contributed by atoms with E-state index in [2.05, 4.69) is 15.1 Å². The molecule has 0 aliphatic carbocycles. The zero-order valence-electron chi connectivity index (χ0n) is 8.34. The van der Waals surface area contributed by atoms with Gasteiger partial charge in [0.1, 0.15) is 5.69 Å². The maximum Gasteiger partial charge on any atom is 0.352 e. The number of nitrogens with one attached hydrogen (secondary N) is 1. The van der Waals surface area contributed by atoms with Crippen LogP contribution in [-0.2, 0) is 7.05 Å². The number of carboxylic acids is 1. The van der Waals surface area contributed by atoms with Crippen molar-refractivity contribution < 1.29 is 9.90 Å². The molecule has 0 bridgehead atoms. The van der Waals surface area contributed by atoms with Crippen LogP contribution in [0.3, 0.4) is 0 Å². The van der Waals surface area contributed by atoms with E-state index in [9.17, 15) is 9.59 Å². The van der Waals surface area contributed by atoms with Gasteiger partial charge in [0.05, 0.1) is 11.9 Å². The molecule has 0 fully saturated rings. The van der Waals surface area contributed by atoms with E-state index in [0.717, 1.165) is 0 Å². The summed E-state index contributed by atoms with van der Waals surface area (Å²) in [6.45, 7) is 0. The summed E-state index contributed by atoms with van der Waals surface area (Å²) in [5.74, 6) is -1.20. The summed E-state index contributed by atoms with van der Waals surface area (Å²) in [7, 11) is 1.72. The van der Waals surface area contributed by atoms with E-state index in [4.69, 9.17) is 5.11 Å². The number of hydrogen-bond acceptors (Lipinski definition) is 4. The fourth-order valence-electron chi connectivity index (χ4n) is 1.27. The molecule has 7 nitrogen and oxygen atoms in total. The van der Waals surface area contributed by atoms with Gasteiger partial charge in [0.25, 0.3) is 0 Å². The second-order valence-electron chi connectivity index (χ2n) is 3.19. The second kappa shape index (κ2) is 3.61. The molecule has 2 rings (SSSR count). The first-order valence-electron chi connectivity index (χ1n) is 4.40. The van der Waals surface area contributed by atoms with Crippen LogP contribution in [0.1, 0.15) is 10.5 Å². The number of aryl methyl sites for hydroxylation is 1. The predicted octanol–water partition coefficient (Wildman–Crippen LogP) is -0.131. The highest BCUT2D eigenvalue weighted by Gasteiger charge is 2.09. The molecule has 0 saturated heterocycles. The molecule has 0 aromatic carbocycles. The Morgan fingerprint density at radius 1 is 1.56 bits per heavy atom. The van der Waals surface area contributed by atoms with Gasteiger partial charge >= 0.3 is 11.7 Å². The topological polar surface area (TPSA) is 101 Å². The van der Waals surface area contributed by atoms with Gasteiger partial charge in [-0.15, -0.1) is 0 Å². The Kier molecular flexibility index (Phi) is 2.28. The third-order valence-corrected chi connectivity index (χ3v) is 1.98. The molecule has 0 aliphatic rings. The molecule has 0 amide bonds. The van der Waals surface area contributed by atoms with Crippen LogP contribution >= 0.6 is 0 Å². The Balaban J connectivity index is 2.57. The van der Waals surface area contributed by atoms with E-state index in [1.807, 2.05) is 0 Å². The highest BCUT2D eigenvalue weighted by atomic mass is 16.4. The molecule has 7 heteroatoms. The van der Waals surface area contributed by atoms with Gasteiger partial charge < -0.3 is 5.11 Å². The van der Waals surface area contributed by atoms with Crippen molar-refractivity contribution in [1.82, 2.24) is 19.7 Å². The SMILES string of the molecule is Cn1cc(-c2cc(C(=O)O)[nH]c(=O)n2)cn1. The van der Waals surface area contributed by atoms with Crippen LogP contribution in [-0.4, -0.2) is 30.8 Å². The van der Waals surface area contributed by atoms with Crippen LogP contribution < -0.4 is 5.69 Å². The molecule has 0 unspecified atom stereocenters. The molecule has 2 heterocycles. The zero-order valence-corrected chi connectivity index (χ0v) is 8.34. The van der Waals surface area contributed by atoms with E-state index >= 15 is 0 Å². The molecule has 0 spiro atoms. The number of carbonyl (C=O) groups is 1. The Morgan fingerprint density at radius 3 is 2.88 bits per heavy atom. The van der Waals surface area contributed by atoms with E-state index in [1.54, 1.807) is 17.9 Å². The number of aromatic nitrogens is 4. The average molecular weight is 220 g/mol. The van der Waals surface area contributed by atoms with Gasteiger partial charge in [-0.25, -0.2) is 9.59 Å². The summed E-state index contributed by atoms with van der Waals surface area (Å²) < 4.78 is 1.54. The smallest absolute Gasteiger partial charge is 0.352 e. The lowest BCUT2D eigenvalue weighted by Crippen LogP contribution is -2.16. The first-order chi connectivity index (χ1) is 7.56. The Labute approximate surface area is 89.4 Å². The average Bonchev–Trinajstić information content (AvgIpc) is 2.64. The second-order valence-corrected chi connectivity index (χ2v) is 3.19.